The second kappa shape index (κ2) is 6.51. The summed E-state index contributed by atoms with van der Waals surface area (Å²) in [5.74, 6) is -1.31. The molecule has 7 heteroatoms. The summed E-state index contributed by atoms with van der Waals surface area (Å²) in [6.45, 7) is 2.78. The molecule has 1 saturated heterocycles. The smallest absolute Gasteiger partial charge is 0.326 e. The van der Waals surface area contributed by atoms with Crippen LogP contribution in [0.25, 0.3) is 0 Å². The Balaban J connectivity index is 1.85. The minimum absolute atomic E-state index is 0.00876. The molecule has 24 heavy (non-hydrogen) atoms. The number of carboxylic acids is 1. The van der Waals surface area contributed by atoms with Crippen LogP contribution >= 0.6 is 0 Å². The fourth-order valence-electron chi connectivity index (χ4n) is 2.96. The summed E-state index contributed by atoms with van der Waals surface area (Å²) >= 11 is 0. The molecule has 1 aliphatic heterocycles. The summed E-state index contributed by atoms with van der Waals surface area (Å²) in [5, 5.41) is 12.0. The molecule has 0 aromatic heterocycles. The predicted molar refractivity (Wildman–Crippen MR) is 88.1 cm³/mol. The Morgan fingerprint density at radius 1 is 1.38 bits per heavy atom. The minimum atomic E-state index is -1.01. The molecule has 1 saturated carbocycles. The number of nitrogens with one attached hydrogen (secondary N) is 1. The number of urea groups is 1. The molecule has 3 amide bonds. The fourth-order valence-corrected chi connectivity index (χ4v) is 2.96. The van der Waals surface area contributed by atoms with Crippen LogP contribution in [0.4, 0.5) is 10.5 Å². The van der Waals surface area contributed by atoms with Gasteiger partial charge < -0.3 is 15.3 Å². The fraction of sp³-hybridized carbons (Fsp3) is 0.471. The van der Waals surface area contributed by atoms with Gasteiger partial charge in [-0.05, 0) is 44.4 Å². The zero-order chi connectivity index (χ0) is 17.3. The number of aliphatic carboxylic acids is 1. The Bertz CT molecular complexity index is 672. The highest BCUT2D eigenvalue weighted by molar-refractivity contribution is 5.99. The monoisotopic (exact) mass is 331 g/mol. The Labute approximate surface area is 140 Å². The Morgan fingerprint density at radius 2 is 2.12 bits per heavy atom. The number of benzene rings is 1. The van der Waals surface area contributed by atoms with Gasteiger partial charge in [0, 0.05) is 30.4 Å². The van der Waals surface area contributed by atoms with E-state index < -0.39 is 12.0 Å². The molecular weight excluding hydrogens is 310 g/mol. The maximum atomic E-state index is 12.8. The van der Waals surface area contributed by atoms with Crippen molar-refractivity contribution in [2.75, 3.05) is 18.0 Å². The van der Waals surface area contributed by atoms with E-state index in [1.165, 1.54) is 11.8 Å². The van der Waals surface area contributed by atoms with Gasteiger partial charge in [0.25, 0.3) is 5.91 Å². The molecule has 1 aliphatic carbocycles. The van der Waals surface area contributed by atoms with Crippen molar-refractivity contribution in [2.24, 2.45) is 0 Å². The number of carbonyl (C=O) groups is 3. The van der Waals surface area contributed by atoms with E-state index in [1.54, 1.807) is 29.2 Å². The van der Waals surface area contributed by atoms with E-state index in [9.17, 15) is 19.5 Å². The first-order valence-electron chi connectivity index (χ1n) is 8.20. The normalized spacial score (nSPS) is 18.7. The van der Waals surface area contributed by atoms with E-state index in [-0.39, 0.29) is 18.0 Å². The summed E-state index contributed by atoms with van der Waals surface area (Å²) < 4.78 is 0. The number of hydrogen-bond acceptors (Lipinski definition) is 3. The summed E-state index contributed by atoms with van der Waals surface area (Å²) in [5.41, 5.74) is 1.06. The van der Waals surface area contributed by atoms with Crippen LogP contribution in [0, 0.1) is 0 Å². The number of amides is 3. The number of anilines is 1. The maximum Gasteiger partial charge on any atom is 0.326 e. The summed E-state index contributed by atoms with van der Waals surface area (Å²) in [6, 6.07) is 5.78. The quantitative estimate of drug-likeness (QED) is 0.859. The third-order valence-electron chi connectivity index (χ3n) is 4.43. The molecule has 1 aromatic rings. The van der Waals surface area contributed by atoms with Crippen LogP contribution in [0.15, 0.2) is 24.3 Å². The van der Waals surface area contributed by atoms with E-state index in [1.807, 2.05) is 0 Å². The molecule has 2 fully saturated rings. The van der Waals surface area contributed by atoms with Gasteiger partial charge >= 0.3 is 12.0 Å². The highest BCUT2D eigenvalue weighted by Gasteiger charge is 2.38. The molecule has 1 heterocycles. The van der Waals surface area contributed by atoms with Crippen LogP contribution in [0.3, 0.4) is 0 Å². The van der Waals surface area contributed by atoms with Gasteiger partial charge in [0.1, 0.15) is 6.04 Å². The number of carbonyl (C=O) groups excluding carboxylic acids is 2. The molecule has 0 spiro atoms. The first-order chi connectivity index (χ1) is 11.5. The highest BCUT2D eigenvalue weighted by atomic mass is 16.4. The second-order valence-electron chi connectivity index (χ2n) is 6.25. The molecule has 2 aliphatic rings. The van der Waals surface area contributed by atoms with Crippen molar-refractivity contribution in [2.45, 2.75) is 38.3 Å². The van der Waals surface area contributed by atoms with E-state index in [0.29, 0.717) is 24.3 Å². The van der Waals surface area contributed by atoms with Crippen molar-refractivity contribution >= 4 is 23.6 Å². The Kier molecular flexibility index (Phi) is 4.42. The van der Waals surface area contributed by atoms with Crippen molar-refractivity contribution in [3.8, 4) is 0 Å². The maximum absolute atomic E-state index is 12.8. The number of hydrogen-bond donors (Lipinski definition) is 2. The molecule has 3 rings (SSSR count). The lowest BCUT2D eigenvalue weighted by molar-refractivity contribution is -0.141. The van der Waals surface area contributed by atoms with Crippen LogP contribution < -0.4 is 10.2 Å². The van der Waals surface area contributed by atoms with E-state index in [0.717, 1.165) is 19.3 Å². The standard InChI is InChI=1S/C17H21N3O4/c1-11(16(22)23)20(13-6-7-13)15(21)12-4-2-5-14(10-12)19-9-3-8-18-17(19)24/h2,4-5,10-11,13H,3,6-9H2,1H3,(H,18,24)(H,22,23). The molecule has 0 bridgehead atoms. The van der Waals surface area contributed by atoms with Gasteiger partial charge in [-0.25, -0.2) is 9.59 Å². The topological polar surface area (TPSA) is 89.9 Å². The van der Waals surface area contributed by atoms with Crippen molar-refractivity contribution < 1.29 is 19.5 Å². The Morgan fingerprint density at radius 3 is 2.75 bits per heavy atom. The second-order valence-corrected chi connectivity index (χ2v) is 6.25. The lowest BCUT2D eigenvalue weighted by atomic mass is 10.1. The SMILES string of the molecule is CC(C(=O)O)N(C(=O)c1cccc(N2CCCNC2=O)c1)C1CC1. The zero-order valence-electron chi connectivity index (χ0n) is 13.6. The summed E-state index contributed by atoms with van der Waals surface area (Å²) in [4.78, 5) is 39.2. The van der Waals surface area contributed by atoms with Gasteiger partial charge in [0.15, 0.2) is 0 Å². The van der Waals surface area contributed by atoms with Crippen LogP contribution in [-0.4, -0.2) is 53.1 Å². The third kappa shape index (κ3) is 3.20. The van der Waals surface area contributed by atoms with E-state index in [2.05, 4.69) is 5.32 Å². The summed E-state index contributed by atoms with van der Waals surface area (Å²) in [6.07, 6.45) is 2.50. The average Bonchev–Trinajstić information content (AvgIpc) is 3.40. The van der Waals surface area contributed by atoms with Crippen LogP contribution in [-0.2, 0) is 4.79 Å². The Hall–Kier alpha value is -2.57. The van der Waals surface area contributed by atoms with Gasteiger partial charge in [-0.1, -0.05) is 6.07 Å². The van der Waals surface area contributed by atoms with Gasteiger partial charge in [0.2, 0.25) is 0 Å². The molecule has 1 unspecified atom stereocenters. The highest BCUT2D eigenvalue weighted by Crippen LogP contribution is 2.31. The van der Waals surface area contributed by atoms with Crippen molar-refractivity contribution in [1.29, 1.82) is 0 Å². The molecule has 0 radical (unpaired) electrons. The first kappa shape index (κ1) is 16.3. The lowest BCUT2D eigenvalue weighted by Crippen LogP contribution is -2.47. The van der Waals surface area contributed by atoms with Crippen molar-refractivity contribution in [3.63, 3.8) is 0 Å². The van der Waals surface area contributed by atoms with Crippen LogP contribution in [0.5, 0.6) is 0 Å². The van der Waals surface area contributed by atoms with Gasteiger partial charge in [-0.15, -0.1) is 0 Å². The van der Waals surface area contributed by atoms with Crippen molar-refractivity contribution in [1.82, 2.24) is 10.2 Å². The van der Waals surface area contributed by atoms with Gasteiger partial charge in [-0.2, -0.15) is 0 Å². The number of nitrogens with zero attached hydrogens (tertiary/aromatic N) is 2. The molecular formula is C17H21N3O4. The number of carboxylic acid groups (broad SMARTS) is 1. The third-order valence-corrected chi connectivity index (χ3v) is 4.43. The number of rotatable bonds is 5. The van der Waals surface area contributed by atoms with E-state index in [4.69, 9.17) is 0 Å². The average molecular weight is 331 g/mol. The van der Waals surface area contributed by atoms with E-state index >= 15 is 0 Å². The summed E-state index contributed by atoms with van der Waals surface area (Å²) in [7, 11) is 0. The lowest BCUT2D eigenvalue weighted by Gasteiger charge is -2.29. The van der Waals surface area contributed by atoms with Gasteiger partial charge in [0.05, 0.1) is 0 Å². The molecule has 128 valence electrons. The van der Waals surface area contributed by atoms with Crippen LogP contribution in [0.1, 0.15) is 36.5 Å². The molecule has 2 N–H and O–H groups in total. The first-order valence-corrected chi connectivity index (χ1v) is 8.20. The molecule has 1 atom stereocenters. The van der Waals surface area contributed by atoms with Crippen LogP contribution in [0.2, 0.25) is 0 Å². The van der Waals surface area contributed by atoms with Crippen molar-refractivity contribution in [3.05, 3.63) is 29.8 Å². The largest absolute Gasteiger partial charge is 0.480 e. The predicted octanol–water partition coefficient (Wildman–Crippen LogP) is 1.68. The molecule has 7 nitrogen and oxygen atoms in total. The molecule has 1 aromatic carbocycles. The zero-order valence-corrected chi connectivity index (χ0v) is 13.6. The minimum Gasteiger partial charge on any atom is -0.480 e. The van der Waals surface area contributed by atoms with Gasteiger partial charge in [-0.3, -0.25) is 9.69 Å².